The minimum Gasteiger partial charge on any atom is -0.393 e. The van der Waals surface area contributed by atoms with Crippen LogP contribution in [-0.4, -0.2) is 29.3 Å². The van der Waals surface area contributed by atoms with Crippen molar-refractivity contribution in [1.82, 2.24) is 4.98 Å². The van der Waals surface area contributed by atoms with E-state index in [0.29, 0.717) is 11.5 Å². The van der Waals surface area contributed by atoms with Crippen molar-refractivity contribution in [3.05, 3.63) is 23.9 Å². The average Bonchev–Trinajstić information content (AvgIpc) is 2.78. The van der Waals surface area contributed by atoms with E-state index in [-0.39, 0.29) is 6.10 Å². The Morgan fingerprint density at radius 3 is 3.12 bits per heavy atom. The quantitative estimate of drug-likeness (QED) is 0.807. The first-order valence-corrected chi connectivity index (χ1v) is 5.50. The van der Waals surface area contributed by atoms with Gasteiger partial charge in [-0.3, -0.25) is 0 Å². The summed E-state index contributed by atoms with van der Waals surface area (Å²) in [7, 11) is 0. The van der Waals surface area contributed by atoms with E-state index in [1.54, 1.807) is 18.3 Å². The lowest BCUT2D eigenvalue weighted by Crippen LogP contribution is -2.24. The molecule has 0 amide bonds. The van der Waals surface area contributed by atoms with Crippen molar-refractivity contribution >= 4 is 5.82 Å². The third-order valence-corrected chi connectivity index (χ3v) is 3.11. The molecule has 1 N–H and O–H groups in total. The van der Waals surface area contributed by atoms with Crippen molar-refractivity contribution < 1.29 is 5.11 Å². The Morgan fingerprint density at radius 2 is 2.50 bits per heavy atom. The SMILES string of the molecule is CC(O)C1CCN(c2cc(C#N)ccn2)C1. The van der Waals surface area contributed by atoms with Crippen LogP contribution in [0.25, 0.3) is 0 Å². The number of aliphatic hydroxyl groups excluding tert-OH is 1. The number of hydrogen-bond acceptors (Lipinski definition) is 4. The van der Waals surface area contributed by atoms with Gasteiger partial charge in [-0.25, -0.2) is 4.98 Å². The summed E-state index contributed by atoms with van der Waals surface area (Å²) in [6.07, 6.45) is 2.36. The predicted molar refractivity (Wildman–Crippen MR) is 61.0 cm³/mol. The summed E-state index contributed by atoms with van der Waals surface area (Å²) in [5, 5.41) is 18.3. The van der Waals surface area contributed by atoms with E-state index < -0.39 is 0 Å². The molecule has 4 heteroatoms. The van der Waals surface area contributed by atoms with Gasteiger partial charge in [-0.15, -0.1) is 0 Å². The van der Waals surface area contributed by atoms with E-state index in [1.807, 2.05) is 6.92 Å². The van der Waals surface area contributed by atoms with Gasteiger partial charge in [0.05, 0.1) is 17.7 Å². The van der Waals surface area contributed by atoms with E-state index in [2.05, 4.69) is 16.0 Å². The predicted octanol–water partition coefficient (Wildman–Crippen LogP) is 1.16. The van der Waals surface area contributed by atoms with Gasteiger partial charge in [-0.2, -0.15) is 5.26 Å². The van der Waals surface area contributed by atoms with E-state index in [9.17, 15) is 5.11 Å². The molecule has 1 aliphatic heterocycles. The van der Waals surface area contributed by atoms with E-state index in [1.165, 1.54) is 0 Å². The molecule has 1 saturated heterocycles. The standard InChI is InChI=1S/C12H15N3O/c1-9(16)11-3-5-15(8-11)12-6-10(7-13)2-4-14-12/h2,4,6,9,11,16H,3,5,8H2,1H3. The zero-order valence-corrected chi connectivity index (χ0v) is 9.30. The Morgan fingerprint density at radius 1 is 1.69 bits per heavy atom. The van der Waals surface area contributed by atoms with Crippen molar-refractivity contribution in [2.24, 2.45) is 5.92 Å². The molecule has 4 nitrogen and oxygen atoms in total. The fourth-order valence-electron chi connectivity index (χ4n) is 2.05. The van der Waals surface area contributed by atoms with Gasteiger partial charge in [-0.1, -0.05) is 0 Å². The van der Waals surface area contributed by atoms with Gasteiger partial charge in [-0.05, 0) is 25.5 Å². The first-order chi connectivity index (χ1) is 7.70. The van der Waals surface area contributed by atoms with Crippen LogP contribution in [0.5, 0.6) is 0 Å². The van der Waals surface area contributed by atoms with Crippen LogP contribution in [0.3, 0.4) is 0 Å². The lowest BCUT2D eigenvalue weighted by Gasteiger charge is -2.18. The third kappa shape index (κ3) is 2.15. The molecular weight excluding hydrogens is 202 g/mol. The minimum atomic E-state index is -0.274. The Balaban J connectivity index is 2.12. The second-order valence-electron chi connectivity index (χ2n) is 4.25. The zero-order valence-electron chi connectivity index (χ0n) is 9.30. The van der Waals surface area contributed by atoms with E-state index >= 15 is 0 Å². The van der Waals surface area contributed by atoms with E-state index in [0.717, 1.165) is 25.3 Å². The van der Waals surface area contributed by atoms with Gasteiger partial charge < -0.3 is 10.0 Å². The van der Waals surface area contributed by atoms with Crippen molar-refractivity contribution in [2.45, 2.75) is 19.4 Å². The lowest BCUT2D eigenvalue weighted by atomic mass is 10.0. The van der Waals surface area contributed by atoms with Gasteiger partial charge in [0.1, 0.15) is 5.82 Å². The van der Waals surface area contributed by atoms with Crippen LogP contribution in [0.1, 0.15) is 18.9 Å². The van der Waals surface area contributed by atoms with Crippen molar-refractivity contribution in [3.8, 4) is 6.07 Å². The smallest absolute Gasteiger partial charge is 0.129 e. The summed E-state index contributed by atoms with van der Waals surface area (Å²) >= 11 is 0. The number of rotatable bonds is 2. The van der Waals surface area contributed by atoms with E-state index in [4.69, 9.17) is 5.26 Å². The monoisotopic (exact) mass is 217 g/mol. The highest BCUT2D eigenvalue weighted by Crippen LogP contribution is 2.24. The molecule has 0 bridgehead atoms. The fourth-order valence-corrected chi connectivity index (χ4v) is 2.05. The molecule has 0 aliphatic carbocycles. The number of anilines is 1. The molecule has 0 aromatic carbocycles. The highest BCUT2D eigenvalue weighted by atomic mass is 16.3. The van der Waals surface area contributed by atoms with Crippen molar-refractivity contribution in [1.29, 1.82) is 5.26 Å². The maximum absolute atomic E-state index is 9.52. The lowest BCUT2D eigenvalue weighted by molar-refractivity contribution is 0.136. The minimum absolute atomic E-state index is 0.274. The Hall–Kier alpha value is -1.60. The molecule has 2 heterocycles. The second kappa shape index (κ2) is 4.50. The molecule has 1 aromatic heterocycles. The normalized spacial score (nSPS) is 21.8. The second-order valence-corrected chi connectivity index (χ2v) is 4.25. The highest BCUT2D eigenvalue weighted by Gasteiger charge is 2.26. The maximum Gasteiger partial charge on any atom is 0.129 e. The Labute approximate surface area is 95.1 Å². The van der Waals surface area contributed by atoms with Crippen molar-refractivity contribution in [3.63, 3.8) is 0 Å². The average molecular weight is 217 g/mol. The van der Waals surface area contributed by atoms with Crippen LogP contribution in [0, 0.1) is 17.2 Å². The molecule has 0 saturated carbocycles. The van der Waals surface area contributed by atoms with Gasteiger partial charge in [0, 0.05) is 25.2 Å². The fraction of sp³-hybridized carbons (Fsp3) is 0.500. The summed E-state index contributed by atoms with van der Waals surface area (Å²) < 4.78 is 0. The van der Waals surface area contributed by atoms with Crippen LogP contribution >= 0.6 is 0 Å². The number of nitriles is 1. The van der Waals surface area contributed by atoms with Crippen LogP contribution < -0.4 is 4.90 Å². The summed E-state index contributed by atoms with van der Waals surface area (Å²) in [4.78, 5) is 6.38. The number of aliphatic hydroxyl groups is 1. The first-order valence-electron chi connectivity index (χ1n) is 5.50. The number of aromatic nitrogens is 1. The maximum atomic E-state index is 9.52. The van der Waals surface area contributed by atoms with Gasteiger partial charge in [0.2, 0.25) is 0 Å². The largest absolute Gasteiger partial charge is 0.393 e. The molecule has 0 radical (unpaired) electrons. The molecule has 16 heavy (non-hydrogen) atoms. The molecular formula is C12H15N3O. The molecule has 1 fully saturated rings. The molecule has 2 atom stereocenters. The number of pyridine rings is 1. The Kier molecular flexibility index (Phi) is 3.07. The number of hydrogen-bond donors (Lipinski definition) is 1. The molecule has 2 rings (SSSR count). The molecule has 1 aliphatic rings. The first kappa shape index (κ1) is 10.9. The van der Waals surface area contributed by atoms with Crippen LogP contribution in [0.15, 0.2) is 18.3 Å². The van der Waals surface area contributed by atoms with Crippen molar-refractivity contribution in [2.75, 3.05) is 18.0 Å². The van der Waals surface area contributed by atoms with Crippen LogP contribution in [-0.2, 0) is 0 Å². The van der Waals surface area contributed by atoms with Crippen LogP contribution in [0.4, 0.5) is 5.82 Å². The summed E-state index contributed by atoms with van der Waals surface area (Å²) in [6.45, 7) is 3.55. The zero-order chi connectivity index (χ0) is 11.5. The van der Waals surface area contributed by atoms with Gasteiger partial charge in [0.25, 0.3) is 0 Å². The number of nitrogens with zero attached hydrogens (tertiary/aromatic N) is 3. The van der Waals surface area contributed by atoms with Gasteiger partial charge in [0.15, 0.2) is 0 Å². The topological polar surface area (TPSA) is 60.1 Å². The molecule has 1 aromatic rings. The van der Waals surface area contributed by atoms with Gasteiger partial charge >= 0.3 is 0 Å². The summed E-state index contributed by atoms with van der Waals surface area (Å²) in [6, 6.07) is 5.60. The molecule has 2 unspecified atom stereocenters. The molecule has 0 spiro atoms. The summed E-state index contributed by atoms with van der Waals surface area (Å²) in [5.41, 5.74) is 0.630. The van der Waals surface area contributed by atoms with Crippen LogP contribution in [0.2, 0.25) is 0 Å². The summed E-state index contributed by atoms with van der Waals surface area (Å²) in [5.74, 6) is 1.15. The highest BCUT2D eigenvalue weighted by molar-refractivity contribution is 5.45. The third-order valence-electron chi connectivity index (χ3n) is 3.11. The molecule has 84 valence electrons. The Bertz CT molecular complexity index is 411.